The van der Waals surface area contributed by atoms with Gasteiger partial charge in [0.2, 0.25) is 0 Å². The molecular weight excluding hydrogens is 344 g/mol. The summed E-state index contributed by atoms with van der Waals surface area (Å²) in [5, 5.41) is 0. The minimum Gasteiger partial charge on any atom is -0.406 e. The molecule has 0 radical (unpaired) electrons. The van der Waals surface area contributed by atoms with E-state index < -0.39 is 30.8 Å². The summed E-state index contributed by atoms with van der Waals surface area (Å²) in [6, 6.07) is 1.55. The number of rotatable bonds is 3. The lowest BCUT2D eigenvalue weighted by atomic mass is 10.0. The molecule has 2 nitrogen and oxygen atoms in total. The topological polar surface area (TPSA) is 35.2 Å². The van der Waals surface area contributed by atoms with Crippen molar-refractivity contribution in [1.29, 1.82) is 0 Å². The lowest BCUT2D eigenvalue weighted by molar-refractivity contribution is -0.274. The van der Waals surface area contributed by atoms with Gasteiger partial charge in [-0.25, -0.2) is 0 Å². The van der Waals surface area contributed by atoms with Gasteiger partial charge in [-0.1, -0.05) is 15.9 Å². The Morgan fingerprint density at radius 2 is 1.68 bits per heavy atom. The fourth-order valence-electron chi connectivity index (χ4n) is 1.36. The Kier molecular flexibility index (Phi) is 4.72. The van der Waals surface area contributed by atoms with E-state index in [0.717, 1.165) is 12.1 Å². The first kappa shape index (κ1) is 16.1. The van der Waals surface area contributed by atoms with Crippen LogP contribution >= 0.6 is 15.9 Å². The van der Waals surface area contributed by atoms with Crippen molar-refractivity contribution in [3.05, 3.63) is 28.2 Å². The number of nitrogens with two attached hydrogens (primary N) is 1. The number of hydrogen-bond acceptors (Lipinski definition) is 2. The van der Waals surface area contributed by atoms with Crippen molar-refractivity contribution in [3.8, 4) is 5.75 Å². The number of ether oxygens (including phenoxy) is 1. The highest BCUT2D eigenvalue weighted by Gasteiger charge is 2.33. The van der Waals surface area contributed by atoms with Crippen LogP contribution in [0, 0.1) is 0 Å². The Morgan fingerprint density at radius 3 is 2.16 bits per heavy atom. The molecule has 2 N–H and O–H groups in total. The third-order valence-corrected chi connectivity index (χ3v) is 2.46. The average Bonchev–Trinajstić information content (AvgIpc) is 2.10. The van der Waals surface area contributed by atoms with E-state index in [9.17, 15) is 26.3 Å². The lowest BCUT2D eigenvalue weighted by Gasteiger charge is -2.16. The minimum absolute atomic E-state index is 0.106. The van der Waals surface area contributed by atoms with Gasteiger partial charge in [0.05, 0.1) is 6.42 Å². The smallest absolute Gasteiger partial charge is 0.406 e. The Hall–Kier alpha value is -0.960. The first-order valence-electron chi connectivity index (χ1n) is 4.85. The van der Waals surface area contributed by atoms with Crippen LogP contribution in [0.4, 0.5) is 26.3 Å². The number of alkyl halides is 6. The first-order valence-corrected chi connectivity index (χ1v) is 5.64. The van der Waals surface area contributed by atoms with Crippen LogP contribution in [-0.4, -0.2) is 12.5 Å². The maximum absolute atomic E-state index is 12.2. The van der Waals surface area contributed by atoms with E-state index >= 15 is 0 Å². The summed E-state index contributed by atoms with van der Waals surface area (Å²) >= 11 is 2.88. The molecule has 0 bridgehead atoms. The molecule has 0 aliphatic carbocycles. The largest absolute Gasteiger partial charge is 0.573 e. The normalized spacial score (nSPS) is 14.3. The molecule has 1 atom stereocenters. The Labute approximate surface area is 112 Å². The Morgan fingerprint density at radius 1 is 1.11 bits per heavy atom. The average molecular weight is 352 g/mol. The second-order valence-corrected chi connectivity index (χ2v) is 4.61. The summed E-state index contributed by atoms with van der Waals surface area (Å²) < 4.78 is 76.3. The third-order valence-electron chi connectivity index (χ3n) is 2.01. The minimum atomic E-state index is -4.92. The van der Waals surface area contributed by atoms with Gasteiger partial charge in [0.1, 0.15) is 5.75 Å². The lowest BCUT2D eigenvalue weighted by Crippen LogP contribution is -2.21. The molecule has 0 unspecified atom stereocenters. The van der Waals surface area contributed by atoms with Crippen LogP contribution in [-0.2, 0) is 0 Å². The molecule has 108 valence electrons. The fourth-order valence-corrected chi connectivity index (χ4v) is 1.85. The Balaban J connectivity index is 2.96. The van der Waals surface area contributed by atoms with E-state index in [4.69, 9.17) is 5.73 Å². The fraction of sp³-hybridized carbons (Fsp3) is 0.400. The van der Waals surface area contributed by atoms with Crippen molar-refractivity contribution < 1.29 is 31.1 Å². The number of hydrogen-bond donors (Lipinski definition) is 1. The third kappa shape index (κ3) is 6.15. The van der Waals surface area contributed by atoms with Crippen LogP contribution in [0.2, 0.25) is 0 Å². The van der Waals surface area contributed by atoms with E-state index in [1.165, 1.54) is 6.07 Å². The van der Waals surface area contributed by atoms with Gasteiger partial charge in [-0.05, 0) is 23.8 Å². The summed E-state index contributed by atoms with van der Waals surface area (Å²) in [6.45, 7) is 0. The Bertz CT molecular complexity index is 445. The van der Waals surface area contributed by atoms with Crippen molar-refractivity contribution in [2.75, 3.05) is 0 Å². The molecule has 0 spiro atoms. The van der Waals surface area contributed by atoms with Gasteiger partial charge >= 0.3 is 12.5 Å². The molecule has 0 heterocycles. The molecule has 0 fully saturated rings. The highest BCUT2D eigenvalue weighted by molar-refractivity contribution is 9.10. The highest BCUT2D eigenvalue weighted by Crippen LogP contribution is 2.33. The van der Waals surface area contributed by atoms with E-state index in [1.54, 1.807) is 0 Å². The molecule has 0 aromatic heterocycles. The molecule has 1 aromatic carbocycles. The molecule has 19 heavy (non-hydrogen) atoms. The summed E-state index contributed by atoms with van der Waals surface area (Å²) in [6.07, 6.45) is -10.8. The highest BCUT2D eigenvalue weighted by atomic mass is 79.9. The second kappa shape index (κ2) is 5.58. The predicted octanol–water partition coefficient (Wildman–Crippen LogP) is 4.30. The molecular formula is C10H8BrF6NO. The van der Waals surface area contributed by atoms with Gasteiger partial charge in [0.25, 0.3) is 0 Å². The zero-order valence-corrected chi connectivity index (χ0v) is 10.7. The van der Waals surface area contributed by atoms with Crippen LogP contribution in [0.25, 0.3) is 0 Å². The van der Waals surface area contributed by atoms with Crippen LogP contribution in [0.5, 0.6) is 5.75 Å². The zero-order valence-electron chi connectivity index (χ0n) is 9.15. The van der Waals surface area contributed by atoms with Gasteiger partial charge in [-0.15, -0.1) is 13.2 Å². The maximum Gasteiger partial charge on any atom is 0.573 e. The molecule has 0 saturated carbocycles. The van der Waals surface area contributed by atoms with Crippen molar-refractivity contribution in [1.82, 2.24) is 0 Å². The predicted molar refractivity (Wildman–Crippen MR) is 58.4 cm³/mol. The van der Waals surface area contributed by atoms with Crippen LogP contribution < -0.4 is 10.5 Å². The summed E-state index contributed by atoms with van der Waals surface area (Å²) in [5.41, 5.74) is 5.20. The number of halogens is 7. The molecule has 0 aliphatic rings. The van der Waals surface area contributed by atoms with Gasteiger partial charge in [0.15, 0.2) is 0 Å². The van der Waals surface area contributed by atoms with E-state index in [1.807, 2.05) is 0 Å². The summed E-state index contributed by atoms with van der Waals surface area (Å²) in [5.74, 6) is -0.630. The van der Waals surface area contributed by atoms with E-state index in [-0.39, 0.29) is 10.0 Å². The summed E-state index contributed by atoms with van der Waals surface area (Å²) in [7, 11) is 0. The zero-order chi connectivity index (χ0) is 14.8. The van der Waals surface area contributed by atoms with E-state index in [2.05, 4.69) is 20.7 Å². The number of benzene rings is 1. The second-order valence-electron chi connectivity index (χ2n) is 3.69. The van der Waals surface area contributed by atoms with Crippen LogP contribution in [0.15, 0.2) is 22.7 Å². The van der Waals surface area contributed by atoms with Gasteiger partial charge in [0, 0.05) is 10.5 Å². The van der Waals surface area contributed by atoms with Crippen molar-refractivity contribution in [2.24, 2.45) is 5.73 Å². The molecule has 0 saturated heterocycles. The van der Waals surface area contributed by atoms with Crippen molar-refractivity contribution >= 4 is 15.9 Å². The van der Waals surface area contributed by atoms with Crippen LogP contribution in [0.3, 0.4) is 0 Å². The van der Waals surface area contributed by atoms with Crippen LogP contribution in [0.1, 0.15) is 18.0 Å². The molecule has 9 heteroatoms. The molecule has 1 rings (SSSR count). The quantitative estimate of drug-likeness (QED) is 0.824. The van der Waals surface area contributed by atoms with Crippen molar-refractivity contribution in [2.45, 2.75) is 25.0 Å². The molecule has 0 aliphatic heterocycles. The SMILES string of the molecule is N[C@H](CC(F)(F)F)c1cc(Br)cc(OC(F)(F)F)c1. The first-order chi connectivity index (χ1) is 8.46. The monoisotopic (exact) mass is 351 g/mol. The summed E-state index contributed by atoms with van der Waals surface area (Å²) in [4.78, 5) is 0. The molecule has 0 amide bonds. The van der Waals surface area contributed by atoms with Gasteiger partial charge in [-0.3, -0.25) is 0 Å². The standard InChI is InChI=1S/C10H8BrF6NO/c11-6-1-5(8(18)4-9(12,13)14)2-7(3-6)19-10(15,16)17/h1-3,8H,4,18H2/t8-/m1/s1. The van der Waals surface area contributed by atoms with E-state index in [0.29, 0.717) is 0 Å². The van der Waals surface area contributed by atoms with Gasteiger partial charge in [-0.2, -0.15) is 13.2 Å². The van der Waals surface area contributed by atoms with Gasteiger partial charge < -0.3 is 10.5 Å². The van der Waals surface area contributed by atoms with Crippen molar-refractivity contribution in [3.63, 3.8) is 0 Å². The molecule has 1 aromatic rings. The maximum atomic E-state index is 12.2.